The lowest BCUT2D eigenvalue weighted by Crippen LogP contribution is -2.37. The molecule has 0 aliphatic carbocycles. The van der Waals surface area contributed by atoms with Crippen molar-refractivity contribution in [1.82, 2.24) is 5.32 Å². The van der Waals surface area contributed by atoms with E-state index in [2.05, 4.69) is 48.3 Å². The monoisotopic (exact) mass is 262 g/mol. The Labute approximate surface area is 116 Å². The van der Waals surface area contributed by atoms with Gasteiger partial charge in [0.15, 0.2) is 0 Å². The summed E-state index contributed by atoms with van der Waals surface area (Å²) in [6.07, 6.45) is 3.45. The highest BCUT2D eigenvalue weighted by Gasteiger charge is 2.16. The quantitative estimate of drug-likeness (QED) is 0.882. The van der Waals surface area contributed by atoms with Gasteiger partial charge in [-0.3, -0.25) is 0 Å². The van der Waals surface area contributed by atoms with Crippen LogP contribution in [0.4, 0.5) is 5.69 Å². The van der Waals surface area contributed by atoms with Crippen molar-refractivity contribution >= 4 is 5.69 Å². The van der Waals surface area contributed by atoms with Crippen LogP contribution in [0, 0.1) is 0 Å². The number of anilines is 1. The Morgan fingerprint density at radius 3 is 2.74 bits per heavy atom. The molecule has 0 aromatic heterocycles. The second-order valence-corrected chi connectivity index (χ2v) is 5.20. The van der Waals surface area contributed by atoms with E-state index in [1.807, 2.05) is 0 Å². The maximum atomic E-state index is 5.63. The largest absolute Gasteiger partial charge is 0.494 e. The molecule has 3 nitrogen and oxygen atoms in total. The minimum absolute atomic E-state index is 0.610. The molecule has 1 N–H and O–H groups in total. The Bertz CT molecular complexity index is 364. The van der Waals surface area contributed by atoms with Crippen LogP contribution in [0.2, 0.25) is 0 Å². The van der Waals surface area contributed by atoms with E-state index in [4.69, 9.17) is 4.74 Å². The van der Waals surface area contributed by atoms with Crippen molar-refractivity contribution in [3.8, 4) is 5.75 Å². The van der Waals surface area contributed by atoms with Gasteiger partial charge >= 0.3 is 0 Å². The molecule has 106 valence electrons. The summed E-state index contributed by atoms with van der Waals surface area (Å²) in [6, 6.07) is 9.15. The second kappa shape index (κ2) is 7.39. The summed E-state index contributed by atoms with van der Waals surface area (Å²) in [5, 5.41) is 3.60. The molecule has 1 fully saturated rings. The predicted molar refractivity (Wildman–Crippen MR) is 81.1 cm³/mol. The maximum absolute atomic E-state index is 5.63. The first kappa shape index (κ1) is 14.2. The average molecular weight is 262 g/mol. The van der Waals surface area contributed by atoms with Crippen LogP contribution in [0.25, 0.3) is 0 Å². The lowest BCUT2D eigenvalue weighted by molar-refractivity contribution is 0.317. The standard InChI is InChI=1S/C16H26N2O/c1-3-12-19-16-8-6-15(7-9-16)18-11-5-10-17-14(4-2)13-18/h6-9,14,17H,3-5,10-13H2,1-2H3. The van der Waals surface area contributed by atoms with Crippen LogP contribution in [-0.4, -0.2) is 32.3 Å². The molecule has 2 rings (SSSR count). The number of hydrogen-bond donors (Lipinski definition) is 1. The van der Waals surface area contributed by atoms with Gasteiger partial charge in [-0.05, 0) is 50.1 Å². The molecular weight excluding hydrogens is 236 g/mol. The van der Waals surface area contributed by atoms with Crippen LogP contribution in [0.15, 0.2) is 24.3 Å². The topological polar surface area (TPSA) is 24.5 Å². The number of ether oxygens (including phenoxy) is 1. The summed E-state index contributed by atoms with van der Waals surface area (Å²) in [5.41, 5.74) is 1.31. The van der Waals surface area contributed by atoms with E-state index in [0.29, 0.717) is 6.04 Å². The molecule has 0 bridgehead atoms. The number of nitrogens with one attached hydrogen (secondary N) is 1. The zero-order chi connectivity index (χ0) is 13.5. The molecule has 1 saturated heterocycles. The Balaban J connectivity index is 1.99. The van der Waals surface area contributed by atoms with E-state index >= 15 is 0 Å². The molecule has 3 heteroatoms. The predicted octanol–water partition coefficient (Wildman–Crippen LogP) is 3.05. The van der Waals surface area contributed by atoms with E-state index in [-0.39, 0.29) is 0 Å². The zero-order valence-corrected chi connectivity index (χ0v) is 12.2. The third-order valence-electron chi connectivity index (χ3n) is 3.65. The van der Waals surface area contributed by atoms with Crippen LogP contribution in [0.3, 0.4) is 0 Å². The SMILES string of the molecule is CCCOc1ccc(N2CCCNC(CC)C2)cc1. The molecule has 1 aliphatic heterocycles. The molecule has 0 radical (unpaired) electrons. The molecule has 0 saturated carbocycles. The Hall–Kier alpha value is -1.22. The summed E-state index contributed by atoms with van der Waals surface area (Å²) >= 11 is 0. The van der Waals surface area contributed by atoms with Gasteiger partial charge in [0.05, 0.1) is 6.61 Å². The van der Waals surface area contributed by atoms with Crippen LogP contribution in [0.5, 0.6) is 5.75 Å². The maximum Gasteiger partial charge on any atom is 0.119 e. The zero-order valence-electron chi connectivity index (χ0n) is 12.2. The summed E-state index contributed by atoms with van der Waals surface area (Å²) in [4.78, 5) is 2.48. The van der Waals surface area contributed by atoms with E-state index in [1.54, 1.807) is 0 Å². The molecule has 1 aromatic rings. The van der Waals surface area contributed by atoms with Gasteiger partial charge in [0, 0.05) is 24.8 Å². The molecule has 0 spiro atoms. The van der Waals surface area contributed by atoms with Crippen molar-refractivity contribution in [3.63, 3.8) is 0 Å². The summed E-state index contributed by atoms with van der Waals surface area (Å²) in [7, 11) is 0. The van der Waals surface area contributed by atoms with E-state index in [1.165, 1.54) is 18.5 Å². The Kier molecular flexibility index (Phi) is 5.52. The Morgan fingerprint density at radius 1 is 1.26 bits per heavy atom. The molecule has 19 heavy (non-hydrogen) atoms. The molecular formula is C16H26N2O. The molecule has 0 amide bonds. The van der Waals surface area contributed by atoms with Gasteiger partial charge in [0.25, 0.3) is 0 Å². The molecule has 1 heterocycles. The van der Waals surface area contributed by atoms with Gasteiger partial charge in [-0.1, -0.05) is 13.8 Å². The lowest BCUT2D eigenvalue weighted by atomic mass is 10.2. The Morgan fingerprint density at radius 2 is 2.05 bits per heavy atom. The van der Waals surface area contributed by atoms with Crippen LogP contribution in [-0.2, 0) is 0 Å². The molecule has 1 aromatic carbocycles. The van der Waals surface area contributed by atoms with Crippen LogP contribution >= 0.6 is 0 Å². The van der Waals surface area contributed by atoms with Crippen molar-refractivity contribution in [2.45, 2.75) is 39.2 Å². The minimum atomic E-state index is 0.610. The number of rotatable bonds is 5. The van der Waals surface area contributed by atoms with Crippen molar-refractivity contribution in [2.75, 3.05) is 31.1 Å². The number of hydrogen-bond acceptors (Lipinski definition) is 3. The fourth-order valence-corrected chi connectivity index (χ4v) is 2.48. The smallest absolute Gasteiger partial charge is 0.119 e. The number of nitrogens with zero attached hydrogens (tertiary/aromatic N) is 1. The van der Waals surface area contributed by atoms with E-state index in [9.17, 15) is 0 Å². The molecule has 1 unspecified atom stereocenters. The highest BCUT2D eigenvalue weighted by atomic mass is 16.5. The first-order valence-electron chi connectivity index (χ1n) is 7.54. The van der Waals surface area contributed by atoms with Gasteiger partial charge < -0.3 is 15.0 Å². The third-order valence-corrected chi connectivity index (χ3v) is 3.65. The van der Waals surface area contributed by atoms with E-state index in [0.717, 1.165) is 38.4 Å². The first-order chi connectivity index (χ1) is 9.33. The summed E-state index contributed by atoms with van der Waals surface area (Å²) in [5.74, 6) is 0.977. The van der Waals surface area contributed by atoms with Crippen molar-refractivity contribution in [2.24, 2.45) is 0 Å². The third kappa shape index (κ3) is 4.13. The molecule has 1 atom stereocenters. The van der Waals surface area contributed by atoms with Gasteiger partial charge in [-0.15, -0.1) is 0 Å². The normalized spacial score (nSPS) is 20.1. The van der Waals surface area contributed by atoms with Gasteiger partial charge in [0.1, 0.15) is 5.75 Å². The number of benzene rings is 1. The van der Waals surface area contributed by atoms with Gasteiger partial charge in [0.2, 0.25) is 0 Å². The highest BCUT2D eigenvalue weighted by molar-refractivity contribution is 5.49. The summed E-state index contributed by atoms with van der Waals surface area (Å²) < 4.78 is 5.63. The average Bonchev–Trinajstić information content (AvgIpc) is 2.71. The summed E-state index contributed by atoms with van der Waals surface area (Å²) in [6.45, 7) is 8.55. The van der Waals surface area contributed by atoms with Crippen LogP contribution < -0.4 is 15.0 Å². The first-order valence-corrected chi connectivity index (χ1v) is 7.54. The van der Waals surface area contributed by atoms with Crippen LogP contribution in [0.1, 0.15) is 33.1 Å². The van der Waals surface area contributed by atoms with Crippen molar-refractivity contribution < 1.29 is 4.74 Å². The fourth-order valence-electron chi connectivity index (χ4n) is 2.48. The van der Waals surface area contributed by atoms with Gasteiger partial charge in [-0.2, -0.15) is 0 Å². The van der Waals surface area contributed by atoms with Crippen molar-refractivity contribution in [3.05, 3.63) is 24.3 Å². The van der Waals surface area contributed by atoms with Crippen molar-refractivity contribution in [1.29, 1.82) is 0 Å². The second-order valence-electron chi connectivity index (χ2n) is 5.20. The van der Waals surface area contributed by atoms with E-state index < -0.39 is 0 Å². The van der Waals surface area contributed by atoms with Gasteiger partial charge in [-0.25, -0.2) is 0 Å². The lowest BCUT2D eigenvalue weighted by Gasteiger charge is -2.26. The minimum Gasteiger partial charge on any atom is -0.494 e. The molecule has 1 aliphatic rings. The fraction of sp³-hybridized carbons (Fsp3) is 0.625. The highest BCUT2D eigenvalue weighted by Crippen LogP contribution is 2.21.